The van der Waals surface area contributed by atoms with Crippen molar-refractivity contribution >= 4 is 15.7 Å². The number of piperazine rings is 1. The summed E-state index contributed by atoms with van der Waals surface area (Å²) in [6.45, 7) is 8.01. The monoisotopic (exact) mass is 417 g/mol. The first-order chi connectivity index (χ1) is 14.1. The maximum Gasteiger partial charge on any atom is 0.240 e. The van der Waals surface area contributed by atoms with Crippen molar-refractivity contribution in [2.24, 2.45) is 0 Å². The third kappa shape index (κ3) is 6.45. The zero-order valence-corrected chi connectivity index (χ0v) is 17.9. The Hall–Kier alpha value is -2.09. The minimum atomic E-state index is -3.48. The molecule has 1 N–H and O–H groups in total. The number of benzene rings is 2. The summed E-state index contributed by atoms with van der Waals surface area (Å²) in [6.07, 6.45) is 1.71. The molecule has 3 rings (SSSR count). The number of anilines is 1. The van der Waals surface area contributed by atoms with Gasteiger partial charge in [0, 0.05) is 38.4 Å². The van der Waals surface area contributed by atoms with Gasteiger partial charge >= 0.3 is 0 Å². The summed E-state index contributed by atoms with van der Waals surface area (Å²) in [7, 11) is -3.48. The van der Waals surface area contributed by atoms with Gasteiger partial charge in [-0.2, -0.15) is 0 Å². The molecule has 7 heteroatoms. The van der Waals surface area contributed by atoms with Crippen molar-refractivity contribution in [2.75, 3.05) is 50.8 Å². The maximum absolute atomic E-state index is 12.4. The zero-order chi connectivity index (χ0) is 20.5. The summed E-state index contributed by atoms with van der Waals surface area (Å²) in [4.78, 5) is 5.07. The molecule has 1 heterocycles. The van der Waals surface area contributed by atoms with Crippen LogP contribution in [-0.4, -0.2) is 59.2 Å². The molecule has 158 valence electrons. The van der Waals surface area contributed by atoms with E-state index in [1.165, 1.54) is 5.69 Å². The van der Waals surface area contributed by atoms with Crippen molar-refractivity contribution in [1.29, 1.82) is 0 Å². The van der Waals surface area contributed by atoms with Gasteiger partial charge in [0.2, 0.25) is 10.0 Å². The highest BCUT2D eigenvalue weighted by Gasteiger charge is 2.17. The average molecular weight is 418 g/mol. The van der Waals surface area contributed by atoms with Crippen LogP contribution in [0.1, 0.15) is 19.8 Å². The van der Waals surface area contributed by atoms with Crippen LogP contribution in [0.25, 0.3) is 0 Å². The van der Waals surface area contributed by atoms with E-state index < -0.39 is 10.0 Å². The minimum Gasteiger partial charge on any atom is -0.494 e. The molecule has 2 aromatic carbocycles. The van der Waals surface area contributed by atoms with Crippen LogP contribution in [0.5, 0.6) is 5.75 Å². The molecule has 2 aromatic rings. The molecule has 6 nitrogen and oxygen atoms in total. The summed E-state index contributed by atoms with van der Waals surface area (Å²) in [5.74, 6) is 0.695. The Kier molecular flexibility index (Phi) is 7.91. The fourth-order valence-corrected chi connectivity index (χ4v) is 4.47. The van der Waals surface area contributed by atoms with Gasteiger partial charge in [-0.15, -0.1) is 0 Å². The Bertz CT molecular complexity index is 833. The molecule has 0 aromatic heterocycles. The van der Waals surface area contributed by atoms with Crippen LogP contribution in [0.2, 0.25) is 0 Å². The fraction of sp³-hybridized carbons (Fsp3) is 0.455. The summed E-state index contributed by atoms with van der Waals surface area (Å²) >= 11 is 0. The Labute approximate surface area is 174 Å². The number of hydrogen-bond acceptors (Lipinski definition) is 5. The highest BCUT2D eigenvalue weighted by molar-refractivity contribution is 7.89. The first-order valence-corrected chi connectivity index (χ1v) is 11.8. The molecule has 0 aliphatic carbocycles. The Balaban J connectivity index is 1.38. The third-order valence-corrected chi connectivity index (χ3v) is 6.52. The zero-order valence-electron chi connectivity index (χ0n) is 17.1. The van der Waals surface area contributed by atoms with Gasteiger partial charge in [0.1, 0.15) is 5.75 Å². The summed E-state index contributed by atoms with van der Waals surface area (Å²) in [5, 5.41) is 0. The molecule has 1 saturated heterocycles. The maximum atomic E-state index is 12.4. The van der Waals surface area contributed by atoms with Crippen LogP contribution in [0, 0.1) is 0 Å². The van der Waals surface area contributed by atoms with Gasteiger partial charge in [0.05, 0.1) is 11.5 Å². The predicted octanol–water partition coefficient (Wildman–Crippen LogP) is 2.97. The van der Waals surface area contributed by atoms with Gasteiger partial charge in [-0.25, -0.2) is 13.1 Å². The largest absolute Gasteiger partial charge is 0.494 e. The van der Waals surface area contributed by atoms with E-state index in [9.17, 15) is 8.42 Å². The molecule has 0 amide bonds. The van der Waals surface area contributed by atoms with Gasteiger partial charge in [-0.1, -0.05) is 25.1 Å². The van der Waals surface area contributed by atoms with Crippen molar-refractivity contribution in [1.82, 2.24) is 9.62 Å². The van der Waals surface area contributed by atoms with E-state index in [4.69, 9.17) is 4.74 Å². The molecule has 0 spiro atoms. The second-order valence-corrected chi connectivity index (χ2v) is 9.00. The molecular formula is C22H31N3O3S. The van der Waals surface area contributed by atoms with Crippen LogP contribution in [0.15, 0.2) is 59.5 Å². The smallest absolute Gasteiger partial charge is 0.240 e. The lowest BCUT2D eigenvalue weighted by molar-refractivity contribution is 0.255. The first-order valence-electron chi connectivity index (χ1n) is 10.3. The minimum absolute atomic E-state index is 0.276. The third-order valence-electron chi connectivity index (χ3n) is 5.04. The topological polar surface area (TPSA) is 61.9 Å². The number of rotatable bonds is 10. The molecule has 1 aliphatic heterocycles. The molecule has 1 fully saturated rings. The van der Waals surface area contributed by atoms with Crippen molar-refractivity contribution in [3.8, 4) is 5.75 Å². The van der Waals surface area contributed by atoms with Crippen LogP contribution in [0.3, 0.4) is 0 Å². The Morgan fingerprint density at radius 3 is 2.31 bits per heavy atom. The summed E-state index contributed by atoms with van der Waals surface area (Å²) in [5.41, 5.74) is 1.27. The van der Waals surface area contributed by atoms with Crippen molar-refractivity contribution in [3.63, 3.8) is 0 Å². The average Bonchev–Trinajstić information content (AvgIpc) is 2.76. The lowest BCUT2D eigenvalue weighted by atomic mass is 10.2. The molecule has 0 bridgehead atoms. The van der Waals surface area contributed by atoms with E-state index in [0.29, 0.717) is 18.9 Å². The van der Waals surface area contributed by atoms with E-state index in [1.807, 2.05) is 13.0 Å². The van der Waals surface area contributed by atoms with Crippen molar-refractivity contribution in [3.05, 3.63) is 54.6 Å². The highest BCUT2D eigenvalue weighted by atomic mass is 32.2. The molecule has 29 heavy (non-hydrogen) atoms. The van der Waals surface area contributed by atoms with Crippen LogP contribution in [0.4, 0.5) is 5.69 Å². The predicted molar refractivity (Wildman–Crippen MR) is 117 cm³/mol. The molecule has 0 radical (unpaired) electrons. The number of para-hydroxylation sites is 1. The SMILES string of the molecule is CCCOc1ccc(S(=O)(=O)NCCCN2CCN(c3ccccc3)CC2)cc1. The van der Waals surface area contributed by atoms with E-state index in [-0.39, 0.29) is 4.90 Å². The molecule has 0 saturated carbocycles. The molecule has 0 atom stereocenters. The Morgan fingerprint density at radius 1 is 0.966 bits per heavy atom. The van der Waals surface area contributed by atoms with Gasteiger partial charge in [0.15, 0.2) is 0 Å². The lowest BCUT2D eigenvalue weighted by Crippen LogP contribution is -2.47. The Morgan fingerprint density at radius 2 is 1.66 bits per heavy atom. The second kappa shape index (κ2) is 10.6. The molecule has 0 unspecified atom stereocenters. The normalized spacial score (nSPS) is 15.4. The van der Waals surface area contributed by atoms with Crippen molar-refractivity contribution < 1.29 is 13.2 Å². The number of nitrogens with one attached hydrogen (secondary N) is 1. The second-order valence-electron chi connectivity index (χ2n) is 7.24. The van der Waals surface area contributed by atoms with Crippen LogP contribution >= 0.6 is 0 Å². The number of nitrogens with zero attached hydrogens (tertiary/aromatic N) is 2. The molecule has 1 aliphatic rings. The van der Waals surface area contributed by atoms with E-state index in [2.05, 4.69) is 38.8 Å². The standard InChI is InChI=1S/C22H31N3O3S/c1-2-19-28-21-9-11-22(12-10-21)29(26,27)23-13-6-14-24-15-17-25(18-16-24)20-7-4-3-5-8-20/h3-5,7-12,23H,2,6,13-19H2,1H3. The van der Waals surface area contributed by atoms with E-state index in [0.717, 1.165) is 45.6 Å². The highest BCUT2D eigenvalue weighted by Crippen LogP contribution is 2.17. The number of ether oxygens (including phenoxy) is 1. The summed E-state index contributed by atoms with van der Waals surface area (Å²) in [6, 6.07) is 17.1. The van der Waals surface area contributed by atoms with E-state index >= 15 is 0 Å². The fourth-order valence-electron chi connectivity index (χ4n) is 3.40. The first kappa shape index (κ1) is 21.6. The van der Waals surface area contributed by atoms with Crippen LogP contribution < -0.4 is 14.4 Å². The van der Waals surface area contributed by atoms with E-state index in [1.54, 1.807) is 24.3 Å². The van der Waals surface area contributed by atoms with Crippen molar-refractivity contribution in [2.45, 2.75) is 24.7 Å². The van der Waals surface area contributed by atoms with Gasteiger partial charge < -0.3 is 9.64 Å². The number of sulfonamides is 1. The molecular weight excluding hydrogens is 386 g/mol. The quantitative estimate of drug-likeness (QED) is 0.602. The lowest BCUT2D eigenvalue weighted by Gasteiger charge is -2.36. The van der Waals surface area contributed by atoms with Gasteiger partial charge in [-0.05, 0) is 55.8 Å². The number of hydrogen-bond donors (Lipinski definition) is 1. The van der Waals surface area contributed by atoms with Crippen LogP contribution in [-0.2, 0) is 10.0 Å². The summed E-state index contributed by atoms with van der Waals surface area (Å²) < 4.78 is 33.1. The van der Waals surface area contributed by atoms with Gasteiger partial charge in [0.25, 0.3) is 0 Å². The van der Waals surface area contributed by atoms with Gasteiger partial charge in [-0.3, -0.25) is 4.90 Å².